The zero-order valence-electron chi connectivity index (χ0n) is 11.7. The van der Waals surface area contributed by atoms with Gasteiger partial charge in [0.05, 0.1) is 5.69 Å². The molecule has 0 aliphatic heterocycles. The van der Waals surface area contributed by atoms with Crippen LogP contribution in [0.2, 0.25) is 5.02 Å². The van der Waals surface area contributed by atoms with Crippen LogP contribution >= 0.6 is 11.6 Å². The minimum absolute atomic E-state index is 0.00677. The van der Waals surface area contributed by atoms with Crippen LogP contribution in [0.1, 0.15) is 31.9 Å². The van der Waals surface area contributed by atoms with Crippen LogP contribution in [0, 0.1) is 6.92 Å². The Balaban J connectivity index is 2.57. The van der Waals surface area contributed by atoms with Crippen molar-refractivity contribution in [1.29, 1.82) is 0 Å². The topological polar surface area (TPSA) is 22.0 Å². The molecule has 1 heterocycles. The number of nitrogens with zero attached hydrogens (tertiary/aromatic N) is 1. The van der Waals surface area contributed by atoms with Crippen LogP contribution in [0.5, 0.6) is 0 Å². The van der Waals surface area contributed by atoms with E-state index in [2.05, 4.69) is 20.8 Å². The Labute approximate surface area is 118 Å². The number of halogens is 1. The van der Waals surface area contributed by atoms with Gasteiger partial charge in [0.2, 0.25) is 0 Å². The van der Waals surface area contributed by atoms with E-state index in [0.717, 1.165) is 16.8 Å². The maximum absolute atomic E-state index is 12.1. The van der Waals surface area contributed by atoms with Crippen molar-refractivity contribution in [3.8, 4) is 5.69 Å². The average Bonchev–Trinajstić information content (AvgIpc) is 2.31. The van der Waals surface area contributed by atoms with Gasteiger partial charge in [-0.1, -0.05) is 44.5 Å². The third-order valence-electron chi connectivity index (χ3n) is 3.18. The molecule has 2 aromatic rings. The molecular formula is C16H18ClNO. The zero-order valence-corrected chi connectivity index (χ0v) is 12.5. The summed E-state index contributed by atoms with van der Waals surface area (Å²) in [7, 11) is 0. The summed E-state index contributed by atoms with van der Waals surface area (Å²) < 4.78 is 1.62. The van der Waals surface area contributed by atoms with Crippen molar-refractivity contribution in [3.63, 3.8) is 0 Å². The summed E-state index contributed by atoms with van der Waals surface area (Å²) in [5, 5.41) is 0.693. The van der Waals surface area contributed by atoms with Crippen LogP contribution in [0.3, 0.4) is 0 Å². The molecule has 2 rings (SSSR count). The molecule has 0 aliphatic carbocycles. The molecule has 1 aromatic heterocycles. The Bertz CT molecular complexity index is 665. The van der Waals surface area contributed by atoms with Gasteiger partial charge in [-0.15, -0.1) is 0 Å². The monoisotopic (exact) mass is 275 g/mol. The second kappa shape index (κ2) is 4.86. The highest BCUT2D eigenvalue weighted by Crippen LogP contribution is 2.30. The van der Waals surface area contributed by atoms with Crippen molar-refractivity contribution < 1.29 is 0 Å². The molecule has 0 amide bonds. The molecule has 0 saturated carbocycles. The molecule has 0 fully saturated rings. The predicted molar refractivity (Wildman–Crippen MR) is 80.5 cm³/mol. The van der Waals surface area contributed by atoms with Crippen LogP contribution in [-0.4, -0.2) is 4.57 Å². The van der Waals surface area contributed by atoms with Crippen LogP contribution in [0.4, 0.5) is 0 Å². The molecule has 0 unspecified atom stereocenters. The lowest BCUT2D eigenvalue weighted by atomic mass is 9.87. The number of hydrogen-bond donors (Lipinski definition) is 0. The fourth-order valence-electron chi connectivity index (χ4n) is 2.07. The van der Waals surface area contributed by atoms with Gasteiger partial charge < -0.3 is 0 Å². The summed E-state index contributed by atoms with van der Waals surface area (Å²) in [5.41, 5.74) is 2.58. The second-order valence-corrected chi connectivity index (χ2v) is 6.19. The van der Waals surface area contributed by atoms with Crippen LogP contribution in [-0.2, 0) is 5.41 Å². The van der Waals surface area contributed by atoms with E-state index in [0.29, 0.717) is 5.02 Å². The van der Waals surface area contributed by atoms with Gasteiger partial charge in [-0.3, -0.25) is 9.36 Å². The molecule has 0 aliphatic rings. The van der Waals surface area contributed by atoms with Crippen LogP contribution in [0.15, 0.2) is 41.3 Å². The molecule has 0 bridgehead atoms. The second-order valence-electron chi connectivity index (χ2n) is 5.78. The minimum atomic E-state index is -0.0120. The zero-order chi connectivity index (χ0) is 14.2. The van der Waals surface area contributed by atoms with Crippen LogP contribution < -0.4 is 5.56 Å². The lowest BCUT2D eigenvalue weighted by Crippen LogP contribution is -2.20. The van der Waals surface area contributed by atoms with Crippen molar-refractivity contribution in [2.24, 2.45) is 0 Å². The fourth-order valence-corrected chi connectivity index (χ4v) is 2.53. The number of hydrogen-bond acceptors (Lipinski definition) is 1. The first-order chi connectivity index (χ1) is 8.80. The van der Waals surface area contributed by atoms with E-state index in [1.165, 1.54) is 0 Å². The van der Waals surface area contributed by atoms with Gasteiger partial charge in [-0.2, -0.15) is 0 Å². The van der Waals surface area contributed by atoms with E-state index in [1.54, 1.807) is 10.8 Å². The third-order valence-corrected chi connectivity index (χ3v) is 3.49. The standard InChI is InChI=1S/C16H18ClNO/c1-11-6-5-9-18(15(11)19)12-7-8-13(14(17)10-12)16(2,3)4/h5-10H,1-4H3. The number of pyridine rings is 1. The lowest BCUT2D eigenvalue weighted by Gasteiger charge is -2.21. The summed E-state index contributed by atoms with van der Waals surface area (Å²) in [4.78, 5) is 12.1. The quantitative estimate of drug-likeness (QED) is 0.768. The Kier molecular flexibility index (Phi) is 3.55. The largest absolute Gasteiger partial charge is 0.284 e. The van der Waals surface area contributed by atoms with Crippen molar-refractivity contribution >= 4 is 11.6 Å². The molecule has 0 radical (unpaired) electrons. The average molecular weight is 276 g/mol. The molecule has 3 heteroatoms. The van der Waals surface area contributed by atoms with Gasteiger partial charge >= 0.3 is 0 Å². The van der Waals surface area contributed by atoms with Crippen molar-refractivity contribution in [2.75, 3.05) is 0 Å². The van der Waals surface area contributed by atoms with Crippen LogP contribution in [0.25, 0.3) is 5.69 Å². The third kappa shape index (κ3) is 2.74. The predicted octanol–water partition coefficient (Wildman–Crippen LogP) is 4.10. The van der Waals surface area contributed by atoms with Crippen molar-refractivity contribution in [1.82, 2.24) is 4.57 Å². The van der Waals surface area contributed by atoms with E-state index in [-0.39, 0.29) is 11.0 Å². The summed E-state index contributed by atoms with van der Waals surface area (Å²) in [6.07, 6.45) is 1.76. The lowest BCUT2D eigenvalue weighted by molar-refractivity contribution is 0.590. The SMILES string of the molecule is Cc1cccn(-c2ccc(C(C)(C)C)c(Cl)c2)c1=O. The Hall–Kier alpha value is -1.54. The maximum Gasteiger partial charge on any atom is 0.257 e. The molecule has 19 heavy (non-hydrogen) atoms. The Morgan fingerprint density at radius 1 is 1.16 bits per heavy atom. The normalized spacial score (nSPS) is 11.6. The van der Waals surface area contributed by atoms with E-state index >= 15 is 0 Å². The molecule has 0 N–H and O–H groups in total. The van der Waals surface area contributed by atoms with Gasteiger partial charge in [0, 0.05) is 16.8 Å². The van der Waals surface area contributed by atoms with Gasteiger partial charge in [0.1, 0.15) is 0 Å². The minimum Gasteiger partial charge on any atom is -0.284 e. The summed E-state index contributed by atoms with van der Waals surface area (Å²) in [6, 6.07) is 9.45. The highest BCUT2D eigenvalue weighted by molar-refractivity contribution is 6.31. The van der Waals surface area contributed by atoms with Crippen molar-refractivity contribution in [3.05, 3.63) is 63.0 Å². The van der Waals surface area contributed by atoms with Gasteiger partial charge in [-0.25, -0.2) is 0 Å². The summed E-state index contributed by atoms with van der Waals surface area (Å²) in [5.74, 6) is 0. The first kappa shape index (κ1) is 13.9. The van der Waals surface area contributed by atoms with E-state index in [4.69, 9.17) is 11.6 Å². The molecule has 1 aromatic carbocycles. The first-order valence-corrected chi connectivity index (χ1v) is 6.67. The smallest absolute Gasteiger partial charge is 0.257 e. The maximum atomic E-state index is 12.1. The summed E-state index contributed by atoms with van der Waals surface area (Å²) >= 11 is 6.34. The molecule has 0 atom stereocenters. The Morgan fingerprint density at radius 3 is 2.42 bits per heavy atom. The molecule has 2 nitrogen and oxygen atoms in total. The van der Waals surface area contributed by atoms with Gasteiger partial charge in [-0.05, 0) is 36.1 Å². The van der Waals surface area contributed by atoms with Gasteiger partial charge in [0.25, 0.3) is 5.56 Å². The Morgan fingerprint density at radius 2 is 1.84 bits per heavy atom. The van der Waals surface area contributed by atoms with Gasteiger partial charge in [0.15, 0.2) is 0 Å². The van der Waals surface area contributed by atoms with E-state index < -0.39 is 0 Å². The molecule has 0 saturated heterocycles. The first-order valence-electron chi connectivity index (χ1n) is 6.29. The molecular weight excluding hydrogens is 258 g/mol. The highest BCUT2D eigenvalue weighted by atomic mass is 35.5. The summed E-state index contributed by atoms with van der Waals surface area (Å²) in [6.45, 7) is 8.16. The number of benzene rings is 1. The van der Waals surface area contributed by atoms with E-state index in [9.17, 15) is 4.79 Å². The van der Waals surface area contributed by atoms with Crippen molar-refractivity contribution in [2.45, 2.75) is 33.1 Å². The fraction of sp³-hybridized carbons (Fsp3) is 0.312. The van der Waals surface area contributed by atoms with E-state index in [1.807, 2.05) is 37.3 Å². The molecule has 0 spiro atoms. The highest BCUT2D eigenvalue weighted by Gasteiger charge is 2.17. The number of rotatable bonds is 1. The molecule has 100 valence electrons. The number of aryl methyl sites for hydroxylation is 1. The number of aromatic nitrogens is 1.